The van der Waals surface area contributed by atoms with E-state index in [4.69, 9.17) is 10.2 Å². The molecule has 0 aromatic heterocycles. The number of rotatable bonds is 8. The highest BCUT2D eigenvalue weighted by molar-refractivity contribution is 8.00. The Bertz CT molecular complexity index is 783. The first kappa shape index (κ1) is 35.6. The first-order valence-electron chi connectivity index (χ1n) is 7.44. The lowest BCUT2D eigenvalue weighted by atomic mass is 10.4. The van der Waals surface area contributed by atoms with Gasteiger partial charge >= 0.3 is 46.9 Å². The van der Waals surface area contributed by atoms with E-state index in [1.165, 1.54) is 0 Å². The van der Waals surface area contributed by atoms with Crippen LogP contribution in [0.25, 0.3) is 0 Å². The zero-order valence-corrected chi connectivity index (χ0v) is 18.0. The summed E-state index contributed by atoms with van der Waals surface area (Å²) in [6.07, 6.45) is 1.36. The zero-order chi connectivity index (χ0) is 26.7. The normalized spacial score (nSPS) is 13.5. The number of aliphatic hydroxyl groups excluding tert-OH is 2. The number of aliphatic hydroxyl groups is 2. The van der Waals surface area contributed by atoms with Gasteiger partial charge in [0.25, 0.3) is 0 Å². The zero-order valence-electron chi connectivity index (χ0n) is 15.5. The second-order valence-corrected chi connectivity index (χ2v) is 9.64. The predicted molar refractivity (Wildman–Crippen MR) is 85.7 cm³/mol. The summed E-state index contributed by atoms with van der Waals surface area (Å²) < 4.78 is 169. The second-order valence-electron chi connectivity index (χ2n) is 4.74. The first-order chi connectivity index (χ1) is 13.9. The van der Waals surface area contributed by atoms with Gasteiger partial charge in [0.15, 0.2) is 0 Å². The molecule has 0 radical (unpaired) electrons. The van der Waals surface area contributed by atoms with E-state index >= 15 is 0 Å². The van der Waals surface area contributed by atoms with Gasteiger partial charge in [0.05, 0.1) is 6.61 Å². The molecule has 0 aliphatic rings. The molecule has 0 saturated carbocycles. The second kappa shape index (κ2) is 13.7. The molecule has 198 valence electrons. The minimum absolute atomic E-state index is 0.0938. The smallest absolute Gasteiger partial charge is 0.396 e. The van der Waals surface area contributed by atoms with Gasteiger partial charge in [-0.1, -0.05) is 13.3 Å². The Labute approximate surface area is 176 Å². The molecule has 32 heavy (non-hydrogen) atoms. The molecule has 22 heteroatoms. The minimum Gasteiger partial charge on any atom is -0.396 e. The van der Waals surface area contributed by atoms with Crippen LogP contribution in [0.4, 0.5) is 39.5 Å². The van der Waals surface area contributed by atoms with Crippen molar-refractivity contribution in [1.29, 1.82) is 0 Å². The number of hydrogen-bond acceptors (Lipinski definition) is 10. The lowest BCUT2D eigenvalue weighted by Crippen LogP contribution is -2.34. The Morgan fingerprint density at radius 3 is 1.12 bits per heavy atom. The molecular weight excluding hydrogens is 547 g/mol. The summed E-state index contributed by atoms with van der Waals surface area (Å²) in [7, 11) is -19.1. The molecule has 0 spiro atoms. The van der Waals surface area contributed by atoms with Crippen molar-refractivity contribution in [3.8, 4) is 0 Å². The van der Waals surface area contributed by atoms with Crippen LogP contribution in [0.5, 0.6) is 0 Å². The van der Waals surface area contributed by atoms with Crippen LogP contribution >= 0.6 is 0 Å². The molecule has 0 rings (SSSR count). The predicted octanol–water partition coefficient (Wildman–Crippen LogP) is 1.72. The van der Waals surface area contributed by atoms with Gasteiger partial charge in [-0.15, -0.1) is 3.63 Å². The van der Waals surface area contributed by atoms with Crippen LogP contribution in [-0.4, -0.2) is 71.8 Å². The third kappa shape index (κ3) is 14.3. The fourth-order valence-electron chi connectivity index (χ4n) is 0.646. The fraction of sp³-hybridized carbons (Fsp3) is 1.00. The third-order valence-electron chi connectivity index (χ3n) is 2.08. The molecule has 0 aliphatic carbocycles. The van der Waals surface area contributed by atoms with E-state index in [2.05, 4.69) is 4.18 Å². The molecule has 0 aliphatic heterocycles. The van der Waals surface area contributed by atoms with E-state index in [0.717, 1.165) is 0 Å². The lowest BCUT2D eigenvalue weighted by Gasteiger charge is -2.09. The summed E-state index contributed by atoms with van der Waals surface area (Å²) in [6, 6.07) is 0. The molecular formula is C10H17F9O10S3. The highest BCUT2D eigenvalue weighted by Gasteiger charge is 2.57. The van der Waals surface area contributed by atoms with Gasteiger partial charge in [-0.2, -0.15) is 64.8 Å². The summed E-state index contributed by atoms with van der Waals surface area (Å²) in [5.74, 6) is 0. The van der Waals surface area contributed by atoms with Crippen molar-refractivity contribution in [2.75, 3.05) is 19.8 Å². The van der Waals surface area contributed by atoms with Crippen LogP contribution in [0, 0.1) is 0 Å². The van der Waals surface area contributed by atoms with Crippen molar-refractivity contribution in [3.63, 3.8) is 0 Å². The van der Waals surface area contributed by atoms with E-state index in [-0.39, 0.29) is 19.6 Å². The fourth-order valence-corrected chi connectivity index (χ4v) is 2.68. The molecule has 10 nitrogen and oxygen atoms in total. The van der Waals surface area contributed by atoms with E-state index in [9.17, 15) is 64.8 Å². The summed E-state index contributed by atoms with van der Waals surface area (Å²) in [5, 5.41) is 15.8. The maximum atomic E-state index is 11.5. The maximum absolute atomic E-state index is 11.5. The van der Waals surface area contributed by atoms with Crippen LogP contribution in [0.1, 0.15) is 26.2 Å². The van der Waals surface area contributed by atoms with Crippen molar-refractivity contribution in [2.24, 2.45) is 0 Å². The Kier molecular flexibility index (Phi) is 15.3. The Balaban J connectivity index is -0.000000441. The van der Waals surface area contributed by atoms with Gasteiger partial charge < -0.3 is 10.2 Å². The average Bonchev–Trinajstić information content (AvgIpc) is 2.52. The van der Waals surface area contributed by atoms with E-state index in [1.807, 2.05) is 3.63 Å². The SMILES string of the molecule is CCCCOS(=O)(=O)C(F)(F)F.O=S(=O)(OS(=O)(=O)C(F)(F)F)C(F)(F)F.OCCCO. The molecule has 0 atom stereocenters. The number of alkyl halides is 9. The topological polar surface area (TPSA) is 161 Å². The monoisotopic (exact) mass is 564 g/mol. The number of halogens is 9. The Morgan fingerprint density at radius 1 is 0.625 bits per heavy atom. The van der Waals surface area contributed by atoms with Crippen molar-refractivity contribution in [1.82, 2.24) is 0 Å². The summed E-state index contributed by atoms with van der Waals surface area (Å²) in [4.78, 5) is 0. The molecule has 0 bridgehead atoms. The van der Waals surface area contributed by atoms with Gasteiger partial charge in [0.1, 0.15) is 0 Å². The van der Waals surface area contributed by atoms with Gasteiger partial charge in [0, 0.05) is 13.2 Å². The van der Waals surface area contributed by atoms with Gasteiger partial charge in [-0.3, -0.25) is 4.18 Å². The largest absolute Gasteiger partial charge is 0.524 e. The van der Waals surface area contributed by atoms with Crippen molar-refractivity contribution in [2.45, 2.75) is 42.7 Å². The van der Waals surface area contributed by atoms with Crippen molar-refractivity contribution in [3.05, 3.63) is 0 Å². The summed E-state index contributed by atoms with van der Waals surface area (Å²) >= 11 is 0. The van der Waals surface area contributed by atoms with E-state index < -0.39 is 53.5 Å². The molecule has 0 amide bonds. The highest BCUT2D eigenvalue weighted by Crippen LogP contribution is 2.32. The molecule has 0 saturated heterocycles. The van der Waals surface area contributed by atoms with Crippen molar-refractivity contribution >= 4 is 30.4 Å². The van der Waals surface area contributed by atoms with Gasteiger partial charge in [-0.05, 0) is 12.8 Å². The Morgan fingerprint density at radius 2 is 0.938 bits per heavy atom. The summed E-state index contributed by atoms with van der Waals surface area (Å²) in [5.41, 5.74) is -17.8. The lowest BCUT2D eigenvalue weighted by molar-refractivity contribution is -0.0586. The number of hydrogen-bond donors (Lipinski definition) is 2. The minimum atomic E-state index is -6.85. The van der Waals surface area contributed by atoms with Crippen molar-refractivity contribution < 1.29 is 82.8 Å². The van der Waals surface area contributed by atoms with Crippen LogP contribution in [-0.2, 0) is 38.2 Å². The van der Waals surface area contributed by atoms with Crippen LogP contribution in [0.3, 0.4) is 0 Å². The average molecular weight is 564 g/mol. The quantitative estimate of drug-likeness (QED) is 0.192. The Hall–Kier alpha value is -0.940. The van der Waals surface area contributed by atoms with Crippen LogP contribution in [0.2, 0.25) is 0 Å². The molecule has 2 N–H and O–H groups in total. The number of unbranched alkanes of at least 4 members (excludes halogenated alkanes) is 1. The highest BCUT2D eigenvalue weighted by atomic mass is 32.3. The molecule has 0 aromatic carbocycles. The molecule has 0 aromatic rings. The van der Waals surface area contributed by atoms with Gasteiger partial charge in [0.2, 0.25) is 0 Å². The molecule has 0 unspecified atom stereocenters. The first-order valence-corrected chi connectivity index (χ1v) is 11.7. The van der Waals surface area contributed by atoms with Gasteiger partial charge in [-0.25, -0.2) is 0 Å². The van der Waals surface area contributed by atoms with Crippen LogP contribution < -0.4 is 0 Å². The van der Waals surface area contributed by atoms with Crippen LogP contribution in [0.15, 0.2) is 0 Å². The standard InChI is InChI=1S/C5H9F3O3S.C3H8O2.C2F6O5S2/c1-2-3-4-11-12(9,10)5(6,7)8;4-2-1-3-5;3-1(4,5)14(9,10)13-15(11,12)2(6,7)8/h2-4H2,1H3;4-5H,1-3H2;. The summed E-state index contributed by atoms with van der Waals surface area (Å²) in [6.45, 7) is 1.48. The molecule has 0 fully saturated rings. The maximum Gasteiger partial charge on any atom is 0.524 e. The van der Waals surface area contributed by atoms with E-state index in [1.54, 1.807) is 6.92 Å². The van der Waals surface area contributed by atoms with E-state index in [0.29, 0.717) is 12.8 Å². The molecule has 0 heterocycles. The third-order valence-corrected chi connectivity index (χ3v) is 5.69.